The van der Waals surface area contributed by atoms with E-state index >= 15 is 0 Å². The Bertz CT molecular complexity index is 435. The molecule has 18 heavy (non-hydrogen) atoms. The fourth-order valence-electron chi connectivity index (χ4n) is 1.29. The molecule has 0 heterocycles. The highest BCUT2D eigenvalue weighted by atomic mass is 35.5. The number of nitrogens with one attached hydrogen (secondary N) is 1. The maximum Gasteiger partial charge on any atom is 0.224 e. The van der Waals surface area contributed by atoms with Crippen LogP contribution >= 0.6 is 11.6 Å². The fraction of sp³-hybridized carbons (Fsp3) is 0.462. The van der Waals surface area contributed by atoms with Crippen LogP contribution in [-0.4, -0.2) is 24.2 Å². The maximum atomic E-state index is 13.4. The van der Waals surface area contributed by atoms with Crippen LogP contribution < -0.4 is 5.32 Å². The van der Waals surface area contributed by atoms with Crippen molar-refractivity contribution in [1.82, 2.24) is 5.32 Å². The molecule has 0 atom stereocenters. The Hall–Kier alpha value is -1.13. The van der Waals surface area contributed by atoms with Gasteiger partial charge in [0.1, 0.15) is 5.82 Å². The second-order valence-corrected chi connectivity index (χ2v) is 5.45. The molecule has 0 saturated heterocycles. The average Bonchev–Trinajstić information content (AvgIpc) is 2.30. The van der Waals surface area contributed by atoms with Crippen LogP contribution in [0.25, 0.3) is 0 Å². The summed E-state index contributed by atoms with van der Waals surface area (Å²) in [6, 6.07) is 4.22. The molecule has 0 fully saturated rings. The van der Waals surface area contributed by atoms with Crippen molar-refractivity contribution in [2.45, 2.75) is 20.3 Å². The zero-order valence-electron chi connectivity index (χ0n) is 10.5. The van der Waals surface area contributed by atoms with Gasteiger partial charge in [-0.2, -0.15) is 0 Å². The lowest BCUT2D eigenvalue weighted by molar-refractivity contribution is -0.121. The van der Waals surface area contributed by atoms with E-state index < -0.39 is 5.82 Å². The largest absolute Gasteiger partial charge is 0.396 e. The quantitative estimate of drug-likeness (QED) is 0.864. The molecule has 5 heteroatoms. The smallest absolute Gasteiger partial charge is 0.224 e. The van der Waals surface area contributed by atoms with Gasteiger partial charge in [-0.05, 0) is 17.7 Å². The third kappa shape index (κ3) is 4.63. The highest BCUT2D eigenvalue weighted by Gasteiger charge is 2.18. The molecule has 0 spiro atoms. The molecule has 0 bridgehead atoms. The number of rotatable bonds is 5. The van der Waals surface area contributed by atoms with E-state index in [0.717, 1.165) is 0 Å². The number of halogens is 2. The van der Waals surface area contributed by atoms with E-state index in [4.69, 9.17) is 16.7 Å². The molecule has 1 amide bonds. The predicted molar refractivity (Wildman–Crippen MR) is 69.0 cm³/mol. The van der Waals surface area contributed by atoms with Crippen molar-refractivity contribution >= 4 is 17.5 Å². The summed E-state index contributed by atoms with van der Waals surface area (Å²) in [5.41, 5.74) is -0.0764. The standard InChI is InChI=1S/C13H17ClFNO2/c1-13(2,8-17)7-16-12(18)5-9-3-4-10(14)6-11(9)15/h3-4,6,17H,5,7-8H2,1-2H3,(H,16,18). The Balaban J connectivity index is 2.55. The van der Waals surface area contributed by atoms with Crippen LogP contribution in [0.1, 0.15) is 19.4 Å². The summed E-state index contributed by atoms with van der Waals surface area (Å²) in [6.07, 6.45) is -0.0372. The fourth-order valence-corrected chi connectivity index (χ4v) is 1.45. The van der Waals surface area contributed by atoms with Crippen LogP contribution in [0.4, 0.5) is 4.39 Å². The van der Waals surface area contributed by atoms with Crippen LogP contribution in [0.3, 0.4) is 0 Å². The maximum absolute atomic E-state index is 13.4. The summed E-state index contributed by atoms with van der Waals surface area (Å²) in [5.74, 6) is -0.767. The van der Waals surface area contributed by atoms with Crippen molar-refractivity contribution in [3.05, 3.63) is 34.6 Å². The highest BCUT2D eigenvalue weighted by Crippen LogP contribution is 2.15. The lowest BCUT2D eigenvalue weighted by atomic mass is 9.95. The van der Waals surface area contributed by atoms with E-state index in [1.165, 1.54) is 12.1 Å². The van der Waals surface area contributed by atoms with E-state index in [9.17, 15) is 9.18 Å². The minimum atomic E-state index is -0.487. The molecule has 1 aromatic carbocycles. The number of hydrogen-bond donors (Lipinski definition) is 2. The topological polar surface area (TPSA) is 49.3 Å². The molecule has 0 aliphatic heterocycles. The second-order valence-electron chi connectivity index (χ2n) is 5.01. The van der Waals surface area contributed by atoms with Crippen molar-refractivity contribution in [1.29, 1.82) is 0 Å². The SMILES string of the molecule is CC(C)(CO)CNC(=O)Cc1ccc(Cl)cc1F. The molecule has 0 aliphatic rings. The molecule has 0 aromatic heterocycles. The summed E-state index contributed by atoms with van der Waals surface area (Å²) in [6.45, 7) is 3.98. The molecule has 2 N–H and O–H groups in total. The summed E-state index contributed by atoms with van der Waals surface area (Å²) in [7, 11) is 0. The Morgan fingerprint density at radius 3 is 2.72 bits per heavy atom. The van der Waals surface area contributed by atoms with Gasteiger partial charge >= 0.3 is 0 Å². The van der Waals surface area contributed by atoms with Crippen molar-refractivity contribution in [3.63, 3.8) is 0 Å². The number of aliphatic hydroxyl groups is 1. The molecular weight excluding hydrogens is 257 g/mol. The summed E-state index contributed by atoms with van der Waals surface area (Å²) in [5, 5.41) is 12.0. The minimum absolute atomic E-state index is 0.0252. The van der Waals surface area contributed by atoms with Gasteiger partial charge in [-0.15, -0.1) is 0 Å². The third-order valence-electron chi connectivity index (χ3n) is 2.56. The third-order valence-corrected chi connectivity index (χ3v) is 2.79. The predicted octanol–water partition coefficient (Wildman–Crippen LogP) is 2.16. The first-order valence-electron chi connectivity index (χ1n) is 5.65. The van der Waals surface area contributed by atoms with Crippen LogP contribution in [0.15, 0.2) is 18.2 Å². The Kier molecular flexibility index (Phi) is 5.11. The van der Waals surface area contributed by atoms with Crippen LogP contribution in [0, 0.1) is 11.2 Å². The monoisotopic (exact) mass is 273 g/mol. The number of aliphatic hydroxyl groups excluding tert-OH is 1. The zero-order chi connectivity index (χ0) is 13.8. The summed E-state index contributed by atoms with van der Waals surface area (Å²) in [4.78, 5) is 11.6. The lowest BCUT2D eigenvalue weighted by Gasteiger charge is -2.21. The van der Waals surface area contributed by atoms with E-state index in [1.807, 2.05) is 13.8 Å². The number of benzene rings is 1. The lowest BCUT2D eigenvalue weighted by Crippen LogP contribution is -2.36. The zero-order valence-corrected chi connectivity index (χ0v) is 11.2. The molecular formula is C13H17ClFNO2. The number of hydrogen-bond acceptors (Lipinski definition) is 2. The van der Waals surface area contributed by atoms with Crippen molar-refractivity contribution in [3.8, 4) is 0 Å². The molecule has 0 unspecified atom stereocenters. The van der Waals surface area contributed by atoms with Crippen LogP contribution in [0.5, 0.6) is 0 Å². The van der Waals surface area contributed by atoms with E-state index in [-0.39, 0.29) is 24.3 Å². The van der Waals surface area contributed by atoms with E-state index in [2.05, 4.69) is 5.32 Å². The number of carbonyl (C=O) groups excluding carboxylic acids is 1. The summed E-state index contributed by atoms with van der Waals surface area (Å²) >= 11 is 5.62. The molecule has 0 radical (unpaired) electrons. The summed E-state index contributed by atoms with van der Waals surface area (Å²) < 4.78 is 13.4. The van der Waals surface area contributed by atoms with Crippen molar-refractivity contribution in [2.24, 2.45) is 5.41 Å². The molecule has 1 aromatic rings. The van der Waals surface area contributed by atoms with Gasteiger partial charge in [0.15, 0.2) is 0 Å². The highest BCUT2D eigenvalue weighted by molar-refractivity contribution is 6.30. The molecule has 1 rings (SSSR count). The molecule has 0 saturated carbocycles. The van der Waals surface area contributed by atoms with Crippen molar-refractivity contribution in [2.75, 3.05) is 13.2 Å². The molecule has 100 valence electrons. The van der Waals surface area contributed by atoms with E-state index in [0.29, 0.717) is 17.1 Å². The van der Waals surface area contributed by atoms with Gasteiger partial charge in [0.25, 0.3) is 0 Å². The normalized spacial score (nSPS) is 11.4. The van der Waals surface area contributed by atoms with Gasteiger partial charge in [0, 0.05) is 23.6 Å². The molecule has 3 nitrogen and oxygen atoms in total. The average molecular weight is 274 g/mol. The Morgan fingerprint density at radius 1 is 1.50 bits per heavy atom. The first kappa shape index (κ1) is 14.9. The minimum Gasteiger partial charge on any atom is -0.396 e. The van der Waals surface area contributed by atoms with Crippen LogP contribution in [-0.2, 0) is 11.2 Å². The first-order chi connectivity index (χ1) is 8.34. The molecule has 0 aliphatic carbocycles. The van der Waals surface area contributed by atoms with Gasteiger partial charge in [0.05, 0.1) is 6.42 Å². The van der Waals surface area contributed by atoms with Gasteiger partial charge in [-0.3, -0.25) is 4.79 Å². The van der Waals surface area contributed by atoms with Crippen molar-refractivity contribution < 1.29 is 14.3 Å². The Morgan fingerprint density at radius 2 is 2.17 bits per heavy atom. The first-order valence-corrected chi connectivity index (χ1v) is 6.03. The second kappa shape index (κ2) is 6.16. The van der Waals surface area contributed by atoms with Gasteiger partial charge < -0.3 is 10.4 Å². The number of amides is 1. The van der Waals surface area contributed by atoms with Crippen LogP contribution in [0.2, 0.25) is 5.02 Å². The van der Waals surface area contributed by atoms with Gasteiger partial charge in [-0.1, -0.05) is 31.5 Å². The van der Waals surface area contributed by atoms with Gasteiger partial charge in [-0.25, -0.2) is 4.39 Å². The van der Waals surface area contributed by atoms with Gasteiger partial charge in [0.2, 0.25) is 5.91 Å². The Labute approximate surface area is 111 Å². The van der Waals surface area contributed by atoms with E-state index in [1.54, 1.807) is 6.07 Å². The number of carbonyl (C=O) groups is 1.